The number of hydrogen-bond acceptors (Lipinski definition) is 8. The van der Waals surface area contributed by atoms with Crippen LogP contribution in [0.25, 0.3) is 0 Å². The Kier molecular flexibility index (Phi) is 7.08. The summed E-state index contributed by atoms with van der Waals surface area (Å²) in [6.45, 7) is 2.67. The van der Waals surface area contributed by atoms with Crippen LogP contribution in [0.4, 0.5) is 10.8 Å². The number of hydrogen-bond donors (Lipinski definition) is 2. The van der Waals surface area contributed by atoms with Crippen LogP contribution in [0.3, 0.4) is 0 Å². The Balaban J connectivity index is 1.46. The molecular weight excluding hydrogens is 400 g/mol. The lowest BCUT2D eigenvalue weighted by Crippen LogP contribution is -2.22. The summed E-state index contributed by atoms with van der Waals surface area (Å²) in [5.74, 6) is 0.677. The van der Waals surface area contributed by atoms with Crippen molar-refractivity contribution in [2.75, 3.05) is 24.3 Å². The minimum atomic E-state index is -0.279. The van der Waals surface area contributed by atoms with Crippen molar-refractivity contribution in [1.29, 1.82) is 0 Å². The molecule has 142 valence electrons. The zero-order chi connectivity index (χ0) is 19.1. The number of amides is 1. The van der Waals surface area contributed by atoms with Crippen LogP contribution in [0.15, 0.2) is 46.1 Å². The number of aromatic nitrogens is 2. The van der Waals surface area contributed by atoms with Crippen molar-refractivity contribution in [2.45, 2.75) is 22.9 Å². The van der Waals surface area contributed by atoms with E-state index < -0.39 is 0 Å². The monoisotopic (exact) mass is 420 g/mol. The van der Waals surface area contributed by atoms with Crippen LogP contribution in [-0.2, 0) is 11.2 Å². The molecule has 1 amide bonds. The highest BCUT2D eigenvalue weighted by Gasteiger charge is 2.17. The van der Waals surface area contributed by atoms with E-state index in [2.05, 4.69) is 38.3 Å². The van der Waals surface area contributed by atoms with E-state index in [9.17, 15) is 4.79 Å². The fraction of sp³-hybridized carbons (Fsp3) is 0.278. The number of thioether (sulfide) groups is 1. The van der Waals surface area contributed by atoms with Gasteiger partial charge in [0.1, 0.15) is 5.75 Å². The minimum absolute atomic E-state index is 0.0763. The third kappa shape index (κ3) is 5.95. The lowest BCUT2D eigenvalue weighted by Gasteiger charge is -2.10. The third-order valence-corrected chi connectivity index (χ3v) is 6.64. The molecule has 3 aromatic rings. The van der Waals surface area contributed by atoms with Gasteiger partial charge in [-0.25, -0.2) is 0 Å². The number of nitrogens with one attached hydrogen (secondary N) is 2. The fourth-order valence-corrected chi connectivity index (χ4v) is 4.83. The summed E-state index contributed by atoms with van der Waals surface area (Å²) in [6.07, 6.45) is 0.959. The fourth-order valence-electron chi connectivity index (χ4n) is 2.20. The van der Waals surface area contributed by atoms with E-state index >= 15 is 0 Å². The van der Waals surface area contributed by atoms with Crippen LogP contribution < -0.4 is 15.4 Å². The summed E-state index contributed by atoms with van der Waals surface area (Å²) in [4.78, 5) is 13.7. The van der Waals surface area contributed by atoms with Crippen LogP contribution in [0.5, 0.6) is 5.75 Å². The molecule has 0 aliphatic carbocycles. The second-order valence-electron chi connectivity index (χ2n) is 5.61. The zero-order valence-electron chi connectivity index (χ0n) is 15.0. The molecule has 0 radical (unpaired) electrons. The molecule has 0 aliphatic rings. The molecule has 0 spiro atoms. The summed E-state index contributed by atoms with van der Waals surface area (Å²) in [6, 6.07) is 11.4. The highest BCUT2D eigenvalue weighted by molar-refractivity contribution is 8.02. The van der Waals surface area contributed by atoms with E-state index in [0.29, 0.717) is 0 Å². The normalized spacial score (nSPS) is 11.8. The van der Waals surface area contributed by atoms with Crippen LogP contribution in [-0.4, -0.2) is 35.0 Å². The van der Waals surface area contributed by atoms with Crippen LogP contribution in [0, 0.1) is 0 Å². The molecule has 2 heterocycles. The van der Waals surface area contributed by atoms with Crippen LogP contribution >= 0.6 is 34.4 Å². The van der Waals surface area contributed by atoms with E-state index in [-0.39, 0.29) is 11.2 Å². The molecule has 0 saturated carbocycles. The third-order valence-electron chi connectivity index (χ3n) is 3.64. The molecule has 6 nitrogen and oxygen atoms in total. The SMILES string of the molecule is COc1ccc(NC(=O)C(C)Sc2nnc(NCCc3cccs3)s2)cc1. The first-order valence-corrected chi connectivity index (χ1v) is 10.9. The van der Waals surface area contributed by atoms with Gasteiger partial charge in [0.25, 0.3) is 0 Å². The molecule has 0 fully saturated rings. The molecular formula is C18H20N4O2S3. The number of carbonyl (C=O) groups is 1. The van der Waals surface area contributed by atoms with Crippen LogP contribution in [0.2, 0.25) is 0 Å². The molecule has 1 unspecified atom stereocenters. The first-order chi connectivity index (χ1) is 13.1. The van der Waals surface area contributed by atoms with E-state index in [1.165, 1.54) is 28.0 Å². The van der Waals surface area contributed by atoms with Crippen molar-refractivity contribution in [3.63, 3.8) is 0 Å². The lowest BCUT2D eigenvalue weighted by atomic mass is 10.3. The average molecular weight is 421 g/mol. The summed E-state index contributed by atoms with van der Waals surface area (Å²) < 4.78 is 5.89. The van der Waals surface area contributed by atoms with E-state index in [4.69, 9.17) is 4.74 Å². The average Bonchev–Trinajstić information content (AvgIpc) is 3.34. The molecule has 2 aromatic heterocycles. The number of ether oxygens (including phenoxy) is 1. The summed E-state index contributed by atoms with van der Waals surface area (Å²) in [5.41, 5.74) is 0.737. The van der Waals surface area contributed by atoms with E-state index in [0.717, 1.165) is 33.9 Å². The number of methoxy groups -OCH3 is 1. The Labute approximate surface area is 170 Å². The smallest absolute Gasteiger partial charge is 0.237 e. The maximum Gasteiger partial charge on any atom is 0.237 e. The molecule has 1 aromatic carbocycles. The predicted molar refractivity (Wildman–Crippen MR) is 113 cm³/mol. The molecule has 1 atom stereocenters. The van der Waals surface area contributed by atoms with Gasteiger partial charge in [0.2, 0.25) is 11.0 Å². The summed E-state index contributed by atoms with van der Waals surface area (Å²) in [7, 11) is 1.61. The van der Waals surface area contributed by atoms with Crippen molar-refractivity contribution < 1.29 is 9.53 Å². The van der Waals surface area contributed by atoms with Gasteiger partial charge in [-0.3, -0.25) is 4.79 Å². The van der Waals surface area contributed by atoms with Gasteiger partial charge in [-0.2, -0.15) is 0 Å². The molecule has 3 rings (SSSR count). The Bertz CT molecular complexity index is 850. The molecule has 0 aliphatic heterocycles. The van der Waals surface area contributed by atoms with Gasteiger partial charge in [-0.05, 0) is 49.1 Å². The zero-order valence-corrected chi connectivity index (χ0v) is 17.4. The summed E-state index contributed by atoms with van der Waals surface area (Å²) in [5, 5.41) is 17.1. The van der Waals surface area contributed by atoms with Gasteiger partial charge in [0, 0.05) is 17.1 Å². The largest absolute Gasteiger partial charge is 0.497 e. The topological polar surface area (TPSA) is 76.1 Å². The van der Waals surface area contributed by atoms with E-state index in [1.54, 1.807) is 18.4 Å². The quantitative estimate of drug-likeness (QED) is 0.500. The van der Waals surface area contributed by atoms with Gasteiger partial charge in [-0.1, -0.05) is 29.2 Å². The second kappa shape index (κ2) is 9.72. The Morgan fingerprint density at radius 2 is 2.07 bits per heavy atom. The minimum Gasteiger partial charge on any atom is -0.497 e. The lowest BCUT2D eigenvalue weighted by molar-refractivity contribution is -0.115. The number of rotatable bonds is 9. The number of anilines is 2. The molecule has 2 N–H and O–H groups in total. The maximum absolute atomic E-state index is 12.4. The van der Waals surface area contributed by atoms with Crippen LogP contribution in [0.1, 0.15) is 11.8 Å². The van der Waals surface area contributed by atoms with Crippen molar-refractivity contribution >= 4 is 51.2 Å². The van der Waals surface area contributed by atoms with Crippen molar-refractivity contribution in [2.24, 2.45) is 0 Å². The Morgan fingerprint density at radius 1 is 1.26 bits per heavy atom. The molecule has 0 saturated heterocycles. The van der Waals surface area contributed by atoms with Crippen molar-refractivity contribution in [3.05, 3.63) is 46.7 Å². The highest BCUT2D eigenvalue weighted by Crippen LogP contribution is 2.29. The van der Waals surface area contributed by atoms with Gasteiger partial charge < -0.3 is 15.4 Å². The first kappa shape index (κ1) is 19.7. The van der Waals surface area contributed by atoms with Gasteiger partial charge in [0.15, 0.2) is 4.34 Å². The standard InChI is InChI=1S/C18H20N4O2S3/c1-12(16(23)20-13-5-7-14(24-2)8-6-13)26-18-22-21-17(27-18)19-10-9-15-4-3-11-25-15/h3-8,11-12H,9-10H2,1-2H3,(H,19,21)(H,20,23). The van der Waals surface area contributed by atoms with Gasteiger partial charge in [0.05, 0.1) is 12.4 Å². The molecule has 27 heavy (non-hydrogen) atoms. The number of benzene rings is 1. The van der Waals surface area contributed by atoms with Crippen molar-refractivity contribution in [1.82, 2.24) is 10.2 Å². The molecule has 9 heteroatoms. The van der Waals surface area contributed by atoms with Crippen molar-refractivity contribution in [3.8, 4) is 5.75 Å². The molecule has 0 bridgehead atoms. The Morgan fingerprint density at radius 3 is 2.78 bits per heavy atom. The second-order valence-corrected chi connectivity index (χ2v) is 9.20. The summed E-state index contributed by atoms with van der Waals surface area (Å²) >= 11 is 4.61. The maximum atomic E-state index is 12.4. The number of nitrogens with zero attached hydrogens (tertiary/aromatic N) is 2. The Hall–Kier alpha value is -2.10. The van der Waals surface area contributed by atoms with Gasteiger partial charge in [-0.15, -0.1) is 21.5 Å². The predicted octanol–water partition coefficient (Wildman–Crippen LogP) is 4.38. The highest BCUT2D eigenvalue weighted by atomic mass is 32.2. The number of thiophene rings is 1. The van der Waals surface area contributed by atoms with E-state index in [1.807, 2.05) is 31.2 Å². The van der Waals surface area contributed by atoms with Gasteiger partial charge >= 0.3 is 0 Å². The number of carbonyl (C=O) groups excluding carboxylic acids is 1. The first-order valence-electron chi connectivity index (χ1n) is 8.35.